The second kappa shape index (κ2) is 10.8. The number of rotatable bonds is 7. The van der Waals surface area contributed by atoms with E-state index in [-0.39, 0.29) is 16.9 Å². The fraction of sp³-hybridized carbons (Fsp3) is 0.172. The molecule has 0 saturated carbocycles. The number of methoxy groups -OCH3 is 1. The molecule has 0 aliphatic heterocycles. The van der Waals surface area contributed by atoms with Crippen molar-refractivity contribution in [3.05, 3.63) is 99.9 Å². The average Bonchev–Trinajstić information content (AvgIpc) is 2.89. The van der Waals surface area contributed by atoms with Crippen LogP contribution in [0.3, 0.4) is 0 Å². The molecule has 0 N–H and O–H groups in total. The van der Waals surface area contributed by atoms with Crippen LogP contribution in [-0.4, -0.2) is 13.1 Å². The maximum absolute atomic E-state index is 13.8. The third-order valence-electron chi connectivity index (χ3n) is 5.59. The molecule has 1 heterocycles. The second-order valence-corrected chi connectivity index (χ2v) is 8.60. The average molecular weight is 524 g/mol. The summed E-state index contributed by atoms with van der Waals surface area (Å²) < 4.78 is 61.9. The number of ether oxygens (including phenoxy) is 3. The van der Waals surface area contributed by atoms with Gasteiger partial charge in [0, 0.05) is 12.1 Å². The zero-order valence-electron chi connectivity index (χ0n) is 20.7. The molecule has 4 aromatic rings. The summed E-state index contributed by atoms with van der Waals surface area (Å²) in [5.74, 6) is -2.66. The highest BCUT2D eigenvalue weighted by atomic mass is 19.4. The number of hydrogen-bond acceptors (Lipinski definition) is 6. The lowest BCUT2D eigenvalue weighted by Crippen LogP contribution is -2.15. The molecule has 4 rings (SSSR count). The Balaban J connectivity index is 1.60. The molecule has 0 aliphatic rings. The molecule has 3 aromatic carbocycles. The number of carbonyl (C=O) groups excluding carboxylic acids is 1. The second-order valence-electron chi connectivity index (χ2n) is 8.60. The molecule has 0 amide bonds. The first-order chi connectivity index (χ1) is 18.0. The SMILES string of the molecule is COc1ccc(Oc2c(C(F)(F)F)oc3cc(OC(=O)/C=C/c4ccc(C(C)C)cc4)ccc3c2=O)cc1. The number of esters is 1. The zero-order valence-corrected chi connectivity index (χ0v) is 20.7. The molecule has 0 saturated heterocycles. The standard InChI is InChI=1S/C29H23F3O6/c1-17(2)19-7-4-18(5-8-19)6-15-25(33)36-22-13-14-23-24(16-22)38-28(29(30,31)32)27(26(23)34)37-21-11-9-20(35-3)10-12-21/h4-17H,1-3H3/b15-6+. The predicted molar refractivity (Wildman–Crippen MR) is 136 cm³/mol. The third-order valence-corrected chi connectivity index (χ3v) is 5.59. The summed E-state index contributed by atoms with van der Waals surface area (Å²) in [6.45, 7) is 4.14. The molecule has 0 bridgehead atoms. The first-order valence-electron chi connectivity index (χ1n) is 11.5. The van der Waals surface area contributed by atoms with Gasteiger partial charge in [-0.3, -0.25) is 4.79 Å². The lowest BCUT2D eigenvalue weighted by Gasteiger charge is -2.13. The Bertz CT molecular complexity index is 1530. The number of fused-ring (bicyclic) bond motifs is 1. The van der Waals surface area contributed by atoms with Crippen LogP contribution in [0.5, 0.6) is 23.0 Å². The van der Waals surface area contributed by atoms with Crippen LogP contribution in [0.25, 0.3) is 17.0 Å². The molecule has 9 heteroatoms. The van der Waals surface area contributed by atoms with Gasteiger partial charge in [-0.2, -0.15) is 13.2 Å². The molecule has 6 nitrogen and oxygen atoms in total. The minimum absolute atomic E-state index is 0.0147. The van der Waals surface area contributed by atoms with Crippen molar-refractivity contribution < 1.29 is 36.6 Å². The normalized spacial score (nSPS) is 11.8. The largest absolute Gasteiger partial charge is 0.497 e. The van der Waals surface area contributed by atoms with Gasteiger partial charge in [0.25, 0.3) is 5.76 Å². The summed E-state index contributed by atoms with van der Waals surface area (Å²) in [5, 5.41) is -0.179. The van der Waals surface area contributed by atoms with Crippen LogP contribution in [0.2, 0.25) is 0 Å². The molecular weight excluding hydrogens is 501 g/mol. The van der Waals surface area contributed by atoms with E-state index in [0.717, 1.165) is 17.2 Å². The highest BCUT2D eigenvalue weighted by Gasteiger charge is 2.40. The molecule has 0 aliphatic carbocycles. The molecule has 1 aromatic heterocycles. The van der Waals surface area contributed by atoms with Gasteiger partial charge < -0.3 is 18.6 Å². The fourth-order valence-corrected chi connectivity index (χ4v) is 3.57. The quantitative estimate of drug-likeness (QED) is 0.143. The van der Waals surface area contributed by atoms with E-state index in [4.69, 9.17) is 18.6 Å². The minimum atomic E-state index is -5.03. The van der Waals surface area contributed by atoms with Gasteiger partial charge in [0.1, 0.15) is 22.8 Å². The van der Waals surface area contributed by atoms with Crippen LogP contribution in [-0.2, 0) is 11.0 Å². The summed E-state index contributed by atoms with van der Waals surface area (Å²) in [5.41, 5.74) is 0.480. The van der Waals surface area contributed by atoms with Crippen molar-refractivity contribution in [2.75, 3.05) is 7.11 Å². The van der Waals surface area contributed by atoms with E-state index >= 15 is 0 Å². The molecule has 0 atom stereocenters. The van der Waals surface area contributed by atoms with E-state index in [1.807, 2.05) is 24.3 Å². The first-order valence-corrected chi connectivity index (χ1v) is 11.5. The van der Waals surface area contributed by atoms with Crippen LogP contribution in [0.4, 0.5) is 13.2 Å². The van der Waals surface area contributed by atoms with Crippen molar-refractivity contribution in [3.63, 3.8) is 0 Å². The summed E-state index contributed by atoms with van der Waals surface area (Å²) in [4.78, 5) is 25.2. The Morgan fingerprint density at radius 1 is 0.921 bits per heavy atom. The van der Waals surface area contributed by atoms with E-state index in [0.29, 0.717) is 11.7 Å². The predicted octanol–water partition coefficient (Wildman–Crippen LogP) is 7.35. The summed E-state index contributed by atoms with van der Waals surface area (Å²) in [7, 11) is 1.43. The van der Waals surface area contributed by atoms with Gasteiger partial charge in [0.15, 0.2) is 0 Å². The molecule has 0 unspecified atom stereocenters. The summed E-state index contributed by atoms with van der Waals surface area (Å²) >= 11 is 0. The maximum Gasteiger partial charge on any atom is 0.453 e. The molecule has 0 fully saturated rings. The van der Waals surface area contributed by atoms with Crippen molar-refractivity contribution in [1.29, 1.82) is 0 Å². The highest BCUT2D eigenvalue weighted by Crippen LogP contribution is 2.39. The van der Waals surface area contributed by atoms with E-state index in [9.17, 15) is 22.8 Å². The van der Waals surface area contributed by atoms with Gasteiger partial charge in [0.05, 0.1) is 12.5 Å². The van der Waals surface area contributed by atoms with Gasteiger partial charge >= 0.3 is 12.1 Å². The number of alkyl halides is 3. The number of benzene rings is 3. The van der Waals surface area contributed by atoms with E-state index in [1.54, 1.807) is 6.08 Å². The Morgan fingerprint density at radius 2 is 1.55 bits per heavy atom. The Labute approximate surface area is 215 Å². The van der Waals surface area contributed by atoms with Gasteiger partial charge in [-0.15, -0.1) is 0 Å². The van der Waals surface area contributed by atoms with E-state index < -0.39 is 34.7 Å². The van der Waals surface area contributed by atoms with Crippen molar-refractivity contribution >= 4 is 23.0 Å². The van der Waals surface area contributed by atoms with Crippen molar-refractivity contribution in [2.24, 2.45) is 0 Å². The molecule has 0 radical (unpaired) electrons. The third kappa shape index (κ3) is 6.05. The van der Waals surface area contributed by atoms with Crippen LogP contribution < -0.4 is 19.6 Å². The maximum atomic E-state index is 13.8. The lowest BCUT2D eigenvalue weighted by molar-refractivity contribution is -0.154. The first kappa shape index (κ1) is 26.5. The van der Waals surface area contributed by atoms with E-state index in [2.05, 4.69) is 13.8 Å². The molecule has 0 spiro atoms. The smallest absolute Gasteiger partial charge is 0.453 e. The van der Waals surface area contributed by atoms with Crippen LogP contribution in [0.15, 0.2) is 82.0 Å². The zero-order chi connectivity index (χ0) is 27.4. The summed E-state index contributed by atoms with van der Waals surface area (Å²) in [6, 6.07) is 16.8. The van der Waals surface area contributed by atoms with Crippen LogP contribution in [0, 0.1) is 0 Å². The number of hydrogen-bond donors (Lipinski definition) is 0. The lowest BCUT2D eigenvalue weighted by atomic mass is 10.0. The van der Waals surface area contributed by atoms with Gasteiger partial charge in [-0.1, -0.05) is 38.1 Å². The van der Waals surface area contributed by atoms with E-state index in [1.165, 1.54) is 49.6 Å². The van der Waals surface area contributed by atoms with Crippen molar-refractivity contribution in [1.82, 2.24) is 0 Å². The summed E-state index contributed by atoms with van der Waals surface area (Å²) in [6.07, 6.45) is -2.29. The Hall–Kier alpha value is -4.53. The van der Waals surface area contributed by atoms with Gasteiger partial charge in [-0.25, -0.2) is 4.79 Å². The number of halogens is 3. The van der Waals surface area contributed by atoms with Crippen molar-refractivity contribution in [2.45, 2.75) is 25.9 Å². The van der Waals surface area contributed by atoms with Crippen molar-refractivity contribution in [3.8, 4) is 23.0 Å². The molecule has 196 valence electrons. The van der Waals surface area contributed by atoms with Crippen LogP contribution >= 0.6 is 0 Å². The fourth-order valence-electron chi connectivity index (χ4n) is 3.57. The monoisotopic (exact) mass is 524 g/mol. The Kier molecular flexibility index (Phi) is 7.57. The number of carbonyl (C=O) groups is 1. The molecular formula is C29H23F3O6. The highest BCUT2D eigenvalue weighted by molar-refractivity contribution is 5.89. The topological polar surface area (TPSA) is 75.0 Å². The molecule has 38 heavy (non-hydrogen) atoms. The van der Waals surface area contributed by atoms with Gasteiger partial charge in [0.2, 0.25) is 11.2 Å². The van der Waals surface area contributed by atoms with Gasteiger partial charge in [-0.05, 0) is 59.5 Å². The minimum Gasteiger partial charge on any atom is -0.497 e. The Morgan fingerprint density at radius 3 is 2.16 bits per heavy atom. The van der Waals surface area contributed by atoms with Crippen LogP contribution in [0.1, 0.15) is 36.7 Å².